The largest absolute Gasteiger partial charge is 0.448 e. The lowest BCUT2D eigenvalue weighted by Gasteiger charge is -2.19. The summed E-state index contributed by atoms with van der Waals surface area (Å²) in [7, 11) is 0. The van der Waals surface area contributed by atoms with Gasteiger partial charge in [0, 0.05) is 5.56 Å². The predicted molar refractivity (Wildman–Crippen MR) is 77.9 cm³/mol. The summed E-state index contributed by atoms with van der Waals surface area (Å²) in [4.78, 5) is 12.3. The Morgan fingerprint density at radius 3 is 2.55 bits per heavy atom. The van der Waals surface area contributed by atoms with E-state index in [1.807, 2.05) is 39.0 Å². The Kier molecular flexibility index (Phi) is 4.25. The first-order valence-corrected chi connectivity index (χ1v) is 6.52. The van der Waals surface area contributed by atoms with Gasteiger partial charge in [-0.1, -0.05) is 30.3 Å². The highest BCUT2D eigenvalue weighted by molar-refractivity contribution is 6.11. The van der Waals surface area contributed by atoms with Crippen molar-refractivity contribution in [3.8, 4) is 0 Å². The van der Waals surface area contributed by atoms with Crippen molar-refractivity contribution in [1.82, 2.24) is 0 Å². The second-order valence-corrected chi connectivity index (χ2v) is 5.44. The number of anilines is 1. The first-order valence-electron chi connectivity index (χ1n) is 6.52. The molecule has 0 aliphatic heterocycles. The van der Waals surface area contributed by atoms with Crippen LogP contribution in [0, 0.1) is 0 Å². The summed E-state index contributed by atoms with van der Waals surface area (Å²) in [6.45, 7) is 6.18. The van der Waals surface area contributed by atoms with Gasteiger partial charge in [0.2, 0.25) is 5.88 Å². The topological polar surface area (TPSA) is 51.5 Å². The summed E-state index contributed by atoms with van der Waals surface area (Å²) in [6, 6.07) is 10.8. The standard InChI is InChI=1S/C16H19NO3/c1-16(2,3)20-11-17-15-13(9-10-19-15)14(18)12-7-5-4-6-8-12/h4-10,17H,11H2,1-3H3. The zero-order chi connectivity index (χ0) is 14.6. The lowest BCUT2D eigenvalue weighted by molar-refractivity contribution is 0.00784. The van der Waals surface area contributed by atoms with Gasteiger partial charge in [-0.15, -0.1) is 0 Å². The molecule has 20 heavy (non-hydrogen) atoms. The Bertz CT molecular complexity index is 567. The van der Waals surface area contributed by atoms with Crippen LogP contribution < -0.4 is 5.32 Å². The maximum Gasteiger partial charge on any atom is 0.205 e. The molecule has 4 nitrogen and oxygen atoms in total. The molecule has 0 atom stereocenters. The van der Waals surface area contributed by atoms with Gasteiger partial charge in [0.05, 0.1) is 17.4 Å². The zero-order valence-electron chi connectivity index (χ0n) is 12.0. The Morgan fingerprint density at radius 1 is 1.20 bits per heavy atom. The van der Waals surface area contributed by atoms with E-state index in [0.29, 0.717) is 17.0 Å². The summed E-state index contributed by atoms with van der Waals surface area (Å²) in [6.07, 6.45) is 1.50. The van der Waals surface area contributed by atoms with E-state index >= 15 is 0 Å². The maximum atomic E-state index is 12.3. The molecule has 0 aliphatic carbocycles. The van der Waals surface area contributed by atoms with Gasteiger partial charge in [0.1, 0.15) is 6.73 Å². The third-order valence-electron chi connectivity index (χ3n) is 2.68. The van der Waals surface area contributed by atoms with Gasteiger partial charge >= 0.3 is 0 Å². The SMILES string of the molecule is CC(C)(C)OCNc1occc1C(=O)c1ccccc1. The van der Waals surface area contributed by atoms with E-state index in [1.165, 1.54) is 6.26 Å². The first kappa shape index (κ1) is 14.3. The molecule has 0 bridgehead atoms. The summed E-state index contributed by atoms with van der Waals surface area (Å²) < 4.78 is 10.9. The molecule has 0 unspecified atom stereocenters. The number of rotatable bonds is 5. The average molecular weight is 273 g/mol. The lowest BCUT2D eigenvalue weighted by Crippen LogP contribution is -2.23. The van der Waals surface area contributed by atoms with Crippen LogP contribution in [0.5, 0.6) is 0 Å². The van der Waals surface area contributed by atoms with Crippen LogP contribution in [0.3, 0.4) is 0 Å². The first-order chi connectivity index (χ1) is 9.47. The van der Waals surface area contributed by atoms with Crippen molar-refractivity contribution in [3.05, 3.63) is 53.8 Å². The second-order valence-electron chi connectivity index (χ2n) is 5.44. The molecule has 1 aromatic heterocycles. The fourth-order valence-electron chi connectivity index (χ4n) is 1.69. The average Bonchev–Trinajstić information content (AvgIpc) is 2.86. The smallest absolute Gasteiger partial charge is 0.205 e. The summed E-state index contributed by atoms with van der Waals surface area (Å²) in [5.74, 6) is 0.362. The highest BCUT2D eigenvalue weighted by atomic mass is 16.5. The van der Waals surface area contributed by atoms with Crippen molar-refractivity contribution in [1.29, 1.82) is 0 Å². The molecular weight excluding hydrogens is 254 g/mol. The third kappa shape index (κ3) is 3.71. The van der Waals surface area contributed by atoms with Crippen LogP contribution in [0.25, 0.3) is 0 Å². The molecule has 0 aliphatic rings. The predicted octanol–water partition coefficient (Wildman–Crippen LogP) is 3.70. The number of benzene rings is 1. The molecule has 0 spiro atoms. The van der Waals surface area contributed by atoms with Gasteiger partial charge in [-0.25, -0.2) is 0 Å². The molecule has 2 aromatic rings. The molecule has 0 radical (unpaired) electrons. The van der Waals surface area contributed by atoms with E-state index in [0.717, 1.165) is 0 Å². The van der Waals surface area contributed by atoms with Gasteiger partial charge < -0.3 is 14.5 Å². The molecule has 0 amide bonds. The number of ketones is 1. The number of hydrogen-bond donors (Lipinski definition) is 1. The second kappa shape index (κ2) is 5.92. The summed E-state index contributed by atoms with van der Waals surface area (Å²) in [5, 5.41) is 2.99. The van der Waals surface area contributed by atoms with E-state index in [2.05, 4.69) is 5.32 Å². The minimum Gasteiger partial charge on any atom is -0.448 e. The van der Waals surface area contributed by atoms with Crippen molar-refractivity contribution >= 4 is 11.7 Å². The summed E-state index contributed by atoms with van der Waals surface area (Å²) >= 11 is 0. The fraction of sp³-hybridized carbons (Fsp3) is 0.312. The Balaban J connectivity index is 2.07. The highest BCUT2D eigenvalue weighted by Crippen LogP contribution is 2.21. The molecule has 0 saturated carbocycles. The van der Waals surface area contributed by atoms with Crippen molar-refractivity contribution in [2.45, 2.75) is 26.4 Å². The van der Waals surface area contributed by atoms with Crippen LogP contribution in [0.1, 0.15) is 36.7 Å². The summed E-state index contributed by atoms with van der Waals surface area (Å²) in [5.41, 5.74) is 0.894. The number of hydrogen-bond acceptors (Lipinski definition) is 4. The van der Waals surface area contributed by atoms with Crippen LogP contribution >= 0.6 is 0 Å². The van der Waals surface area contributed by atoms with E-state index < -0.39 is 0 Å². The van der Waals surface area contributed by atoms with Crippen LogP contribution in [0.15, 0.2) is 47.1 Å². The highest BCUT2D eigenvalue weighted by Gasteiger charge is 2.17. The number of ether oxygens (including phenoxy) is 1. The minimum absolute atomic E-state index is 0.0717. The molecule has 2 rings (SSSR count). The molecule has 1 N–H and O–H groups in total. The van der Waals surface area contributed by atoms with E-state index in [-0.39, 0.29) is 18.1 Å². The number of carbonyl (C=O) groups is 1. The number of nitrogens with one attached hydrogen (secondary N) is 1. The molecule has 4 heteroatoms. The minimum atomic E-state index is -0.247. The molecule has 1 heterocycles. The van der Waals surface area contributed by atoms with Gasteiger partial charge in [0.25, 0.3) is 0 Å². The van der Waals surface area contributed by atoms with Crippen LogP contribution in [0.2, 0.25) is 0 Å². The van der Waals surface area contributed by atoms with Crippen molar-refractivity contribution < 1.29 is 13.9 Å². The molecule has 106 valence electrons. The molecule has 0 fully saturated rings. The molecule has 1 aromatic carbocycles. The maximum absolute atomic E-state index is 12.3. The Labute approximate surface area is 118 Å². The number of furan rings is 1. The third-order valence-corrected chi connectivity index (χ3v) is 2.68. The molecule has 0 saturated heterocycles. The van der Waals surface area contributed by atoms with Gasteiger partial charge in [-0.3, -0.25) is 4.79 Å². The Morgan fingerprint density at radius 2 is 1.90 bits per heavy atom. The fourth-order valence-corrected chi connectivity index (χ4v) is 1.69. The van der Waals surface area contributed by atoms with Gasteiger partial charge in [-0.2, -0.15) is 0 Å². The van der Waals surface area contributed by atoms with Gasteiger partial charge in [-0.05, 0) is 26.8 Å². The van der Waals surface area contributed by atoms with E-state index in [4.69, 9.17) is 9.15 Å². The van der Waals surface area contributed by atoms with Crippen LogP contribution in [-0.4, -0.2) is 18.1 Å². The van der Waals surface area contributed by atoms with Crippen molar-refractivity contribution in [2.24, 2.45) is 0 Å². The Hall–Kier alpha value is -2.07. The van der Waals surface area contributed by atoms with Gasteiger partial charge in [0.15, 0.2) is 5.78 Å². The van der Waals surface area contributed by atoms with Crippen molar-refractivity contribution in [3.63, 3.8) is 0 Å². The lowest BCUT2D eigenvalue weighted by atomic mass is 10.1. The zero-order valence-corrected chi connectivity index (χ0v) is 12.0. The van der Waals surface area contributed by atoms with E-state index in [9.17, 15) is 4.79 Å². The molecular formula is C16H19NO3. The number of carbonyl (C=O) groups excluding carboxylic acids is 1. The van der Waals surface area contributed by atoms with Crippen LogP contribution in [-0.2, 0) is 4.74 Å². The van der Waals surface area contributed by atoms with E-state index in [1.54, 1.807) is 18.2 Å². The van der Waals surface area contributed by atoms with Crippen molar-refractivity contribution in [2.75, 3.05) is 12.0 Å². The normalized spacial score (nSPS) is 11.3. The van der Waals surface area contributed by atoms with Crippen LogP contribution in [0.4, 0.5) is 5.88 Å². The monoisotopic (exact) mass is 273 g/mol. The quantitative estimate of drug-likeness (QED) is 0.666.